The lowest BCUT2D eigenvalue weighted by atomic mass is 9.63. The van der Waals surface area contributed by atoms with Gasteiger partial charge in [0, 0.05) is 11.3 Å². The third-order valence-electron chi connectivity index (χ3n) is 7.23. The van der Waals surface area contributed by atoms with E-state index < -0.39 is 11.9 Å². The molecule has 0 heterocycles. The molecule has 0 fully saturated rings. The second-order valence-electron chi connectivity index (χ2n) is 11.1. The van der Waals surface area contributed by atoms with Gasteiger partial charge in [-0.25, -0.2) is 4.79 Å². The van der Waals surface area contributed by atoms with Crippen LogP contribution in [0.15, 0.2) is 47.6 Å². The van der Waals surface area contributed by atoms with E-state index >= 15 is 0 Å². The molecule has 0 bridgehead atoms. The van der Waals surface area contributed by atoms with Gasteiger partial charge in [-0.1, -0.05) is 71.2 Å². The highest BCUT2D eigenvalue weighted by Gasteiger charge is 2.37. The normalized spacial score (nSPS) is 16.2. The van der Waals surface area contributed by atoms with Crippen LogP contribution in [0.5, 0.6) is 0 Å². The van der Waals surface area contributed by atoms with Crippen LogP contribution < -0.4 is 5.32 Å². The van der Waals surface area contributed by atoms with Crippen molar-refractivity contribution in [1.82, 2.24) is 0 Å². The van der Waals surface area contributed by atoms with Crippen molar-refractivity contribution in [2.75, 3.05) is 11.9 Å². The topological polar surface area (TPSA) is 88.0 Å². The molecule has 36 heavy (non-hydrogen) atoms. The fraction of sp³-hybridized carbons (Fsp3) is 0.500. The van der Waals surface area contributed by atoms with Crippen molar-refractivity contribution in [3.05, 3.63) is 64.7 Å². The second kappa shape index (κ2) is 11.7. The van der Waals surface area contributed by atoms with Crippen LogP contribution in [0.1, 0.15) is 107 Å². The van der Waals surface area contributed by atoms with Crippen molar-refractivity contribution in [2.24, 2.45) is 5.16 Å². The Morgan fingerprint density at radius 3 is 2.14 bits per heavy atom. The largest absolute Gasteiger partial charge is 0.478 e. The standard InChI is InChI=1S/C30H40N2O4/c1-6-7-8-9-10-19-36-32-26(27(33)31-23-14-11-21(12-15-23)28(34)35)22-13-16-24-25(20-22)30(4,5)18-17-29(24,2)3/h11-16,20H,6-10,17-19H2,1-5H3,(H,31,33)(H,34,35)/b32-26-. The first-order valence-electron chi connectivity index (χ1n) is 13.1. The number of aromatic carboxylic acids is 1. The lowest BCUT2D eigenvalue weighted by molar-refractivity contribution is -0.110. The minimum Gasteiger partial charge on any atom is -0.478 e. The Bertz CT molecular complexity index is 1100. The molecular weight excluding hydrogens is 452 g/mol. The Morgan fingerprint density at radius 2 is 1.50 bits per heavy atom. The maximum Gasteiger partial charge on any atom is 0.335 e. The quantitative estimate of drug-likeness (QED) is 0.200. The average Bonchev–Trinajstić information content (AvgIpc) is 2.84. The van der Waals surface area contributed by atoms with Crippen LogP contribution in [0.2, 0.25) is 0 Å². The number of fused-ring (bicyclic) bond motifs is 1. The van der Waals surface area contributed by atoms with Gasteiger partial charge in [-0.3, -0.25) is 4.79 Å². The molecule has 0 radical (unpaired) electrons. The molecule has 0 saturated carbocycles. The molecule has 0 aliphatic heterocycles. The van der Waals surface area contributed by atoms with Gasteiger partial charge < -0.3 is 15.3 Å². The Kier molecular flexibility index (Phi) is 8.93. The van der Waals surface area contributed by atoms with Crippen LogP contribution >= 0.6 is 0 Å². The monoisotopic (exact) mass is 492 g/mol. The summed E-state index contributed by atoms with van der Waals surface area (Å²) in [4.78, 5) is 30.1. The zero-order valence-electron chi connectivity index (χ0n) is 22.3. The number of nitrogens with zero attached hydrogens (tertiary/aromatic N) is 1. The fourth-order valence-corrected chi connectivity index (χ4v) is 4.73. The number of rotatable bonds is 11. The van der Waals surface area contributed by atoms with E-state index in [2.05, 4.69) is 57.2 Å². The third-order valence-corrected chi connectivity index (χ3v) is 7.23. The van der Waals surface area contributed by atoms with Crippen molar-refractivity contribution in [2.45, 2.75) is 90.4 Å². The molecule has 6 nitrogen and oxygen atoms in total. The second-order valence-corrected chi connectivity index (χ2v) is 11.1. The SMILES string of the molecule is CCCCCCCO/N=C(\C(=O)Nc1ccc(C(=O)O)cc1)c1ccc2c(c1)C(C)(C)CCC2(C)C. The number of nitrogens with one attached hydrogen (secondary N) is 1. The molecular formula is C30H40N2O4. The number of anilines is 1. The first kappa shape index (κ1) is 27.4. The molecule has 0 saturated heterocycles. The number of unbranched alkanes of at least 4 members (excludes halogenated alkanes) is 4. The van der Waals surface area contributed by atoms with Gasteiger partial charge >= 0.3 is 5.97 Å². The van der Waals surface area contributed by atoms with E-state index in [4.69, 9.17) is 9.94 Å². The predicted octanol–water partition coefficient (Wildman–Crippen LogP) is 7.06. The molecule has 0 aromatic heterocycles. The number of hydrogen-bond acceptors (Lipinski definition) is 4. The number of carboxylic acids is 1. The Balaban J connectivity index is 1.88. The van der Waals surface area contributed by atoms with Crippen LogP contribution in [0.25, 0.3) is 0 Å². The van der Waals surface area contributed by atoms with Crippen molar-refractivity contribution < 1.29 is 19.5 Å². The molecule has 2 aromatic rings. The third kappa shape index (κ3) is 6.74. The van der Waals surface area contributed by atoms with E-state index in [-0.39, 0.29) is 22.1 Å². The van der Waals surface area contributed by atoms with Gasteiger partial charge in [0.1, 0.15) is 6.61 Å². The van der Waals surface area contributed by atoms with Crippen molar-refractivity contribution in [3.63, 3.8) is 0 Å². The van der Waals surface area contributed by atoms with Crippen LogP contribution in [0, 0.1) is 0 Å². The molecule has 6 heteroatoms. The number of benzene rings is 2. The Morgan fingerprint density at radius 1 is 0.889 bits per heavy atom. The maximum absolute atomic E-state index is 13.4. The zero-order valence-corrected chi connectivity index (χ0v) is 22.3. The van der Waals surface area contributed by atoms with Crippen LogP contribution in [0.3, 0.4) is 0 Å². The van der Waals surface area contributed by atoms with Gasteiger partial charge in [-0.05, 0) is 78.0 Å². The summed E-state index contributed by atoms with van der Waals surface area (Å²) in [5.74, 6) is -1.40. The van der Waals surface area contributed by atoms with Gasteiger partial charge in [0.25, 0.3) is 5.91 Å². The Hall–Kier alpha value is -3.15. The predicted molar refractivity (Wildman–Crippen MR) is 145 cm³/mol. The maximum atomic E-state index is 13.4. The summed E-state index contributed by atoms with van der Waals surface area (Å²) in [6, 6.07) is 12.3. The van der Waals surface area contributed by atoms with E-state index in [1.54, 1.807) is 12.1 Å². The molecule has 0 atom stereocenters. The number of oxime groups is 1. The van der Waals surface area contributed by atoms with Crippen molar-refractivity contribution in [3.8, 4) is 0 Å². The van der Waals surface area contributed by atoms with E-state index in [9.17, 15) is 9.59 Å². The highest BCUT2D eigenvalue weighted by Crippen LogP contribution is 2.46. The average molecular weight is 493 g/mol. The number of hydrogen-bond donors (Lipinski definition) is 2. The minimum absolute atomic E-state index is 0.00471. The fourth-order valence-electron chi connectivity index (χ4n) is 4.73. The molecule has 0 unspecified atom stereocenters. The first-order chi connectivity index (χ1) is 17.0. The molecule has 3 rings (SSSR count). The van der Waals surface area contributed by atoms with Gasteiger partial charge in [0.05, 0.1) is 5.56 Å². The molecule has 2 N–H and O–H groups in total. The molecule has 1 aliphatic carbocycles. The number of carboxylic acid groups (broad SMARTS) is 1. The minimum atomic E-state index is -1.01. The first-order valence-corrected chi connectivity index (χ1v) is 13.1. The zero-order chi connectivity index (χ0) is 26.3. The van der Waals surface area contributed by atoms with Crippen LogP contribution in [-0.2, 0) is 20.5 Å². The van der Waals surface area contributed by atoms with Gasteiger partial charge in [0.2, 0.25) is 0 Å². The highest BCUT2D eigenvalue weighted by atomic mass is 16.6. The summed E-state index contributed by atoms with van der Waals surface area (Å²) in [6.07, 6.45) is 7.70. The molecule has 1 amide bonds. The number of amides is 1. The van der Waals surface area contributed by atoms with Gasteiger partial charge in [-0.15, -0.1) is 0 Å². The lowest BCUT2D eigenvalue weighted by Gasteiger charge is -2.42. The summed E-state index contributed by atoms with van der Waals surface area (Å²) in [5.41, 5.74) is 4.20. The Labute approximate surface area is 215 Å². The van der Waals surface area contributed by atoms with E-state index in [1.165, 1.54) is 42.5 Å². The molecule has 194 valence electrons. The summed E-state index contributed by atoms with van der Waals surface area (Å²) >= 11 is 0. The lowest BCUT2D eigenvalue weighted by Crippen LogP contribution is -2.34. The van der Waals surface area contributed by atoms with E-state index in [1.807, 2.05) is 6.07 Å². The van der Waals surface area contributed by atoms with Crippen molar-refractivity contribution >= 4 is 23.3 Å². The molecule has 0 spiro atoms. The smallest absolute Gasteiger partial charge is 0.335 e. The van der Waals surface area contributed by atoms with Gasteiger partial charge in [0.15, 0.2) is 5.71 Å². The number of carbonyl (C=O) groups is 2. The molecule has 1 aliphatic rings. The van der Waals surface area contributed by atoms with E-state index in [0.717, 1.165) is 25.7 Å². The van der Waals surface area contributed by atoms with E-state index in [0.29, 0.717) is 17.9 Å². The molecule has 2 aromatic carbocycles. The summed E-state index contributed by atoms with van der Waals surface area (Å²) in [6.45, 7) is 11.7. The summed E-state index contributed by atoms with van der Waals surface area (Å²) < 4.78 is 0. The van der Waals surface area contributed by atoms with Crippen LogP contribution in [0.4, 0.5) is 5.69 Å². The van der Waals surface area contributed by atoms with Crippen molar-refractivity contribution in [1.29, 1.82) is 0 Å². The highest BCUT2D eigenvalue weighted by molar-refractivity contribution is 6.48. The number of carbonyl (C=O) groups excluding carboxylic acids is 1. The van der Waals surface area contributed by atoms with Gasteiger partial charge in [-0.2, -0.15) is 0 Å². The van der Waals surface area contributed by atoms with Crippen LogP contribution in [-0.4, -0.2) is 29.3 Å². The summed E-state index contributed by atoms with van der Waals surface area (Å²) in [7, 11) is 0. The summed E-state index contributed by atoms with van der Waals surface area (Å²) in [5, 5.41) is 16.3.